The number of hydrogen-bond donors (Lipinski definition) is 4. The van der Waals surface area contributed by atoms with Crippen molar-refractivity contribution in [2.75, 3.05) is 26.2 Å². The maximum Gasteiger partial charge on any atom is 0.219 e. The van der Waals surface area contributed by atoms with E-state index in [-0.39, 0.29) is 18.6 Å². The predicted molar refractivity (Wildman–Crippen MR) is 119 cm³/mol. The third-order valence-corrected chi connectivity index (χ3v) is 5.22. The molecule has 1 unspecified atom stereocenters. The largest absolute Gasteiger partial charge is 0.395 e. The Morgan fingerprint density at radius 1 is 0.750 bits per heavy atom. The Bertz CT molecular complexity index is 327. The summed E-state index contributed by atoms with van der Waals surface area (Å²) in [4.78, 5) is 11.7. The summed E-state index contributed by atoms with van der Waals surface area (Å²) in [5, 5.41) is 24.6. The summed E-state index contributed by atoms with van der Waals surface area (Å²) >= 11 is 0. The summed E-state index contributed by atoms with van der Waals surface area (Å²) in [6.07, 6.45) is 18.0. The van der Waals surface area contributed by atoms with Gasteiger partial charge in [-0.05, 0) is 32.2 Å². The number of carbonyl (C=O) groups is 1. The number of carbonyl (C=O) groups excluding carboxylic acids is 1. The van der Waals surface area contributed by atoms with E-state index in [1.807, 2.05) is 0 Å². The SMILES string of the molecule is CCCCCCC(O)CCCCCCCCCCC(=O)NCCCNCCO. The molecule has 0 radical (unpaired) electrons. The van der Waals surface area contributed by atoms with Crippen molar-refractivity contribution in [2.24, 2.45) is 0 Å². The van der Waals surface area contributed by atoms with E-state index in [1.165, 1.54) is 57.8 Å². The normalized spacial score (nSPS) is 12.2. The minimum absolute atomic E-state index is 0.0835. The van der Waals surface area contributed by atoms with E-state index in [0.29, 0.717) is 19.5 Å². The first kappa shape index (κ1) is 27.4. The molecule has 4 N–H and O–H groups in total. The Balaban J connectivity index is 3.21. The third-order valence-electron chi connectivity index (χ3n) is 5.22. The number of unbranched alkanes of at least 4 members (excludes halogenated alkanes) is 10. The molecule has 0 spiro atoms. The summed E-state index contributed by atoms with van der Waals surface area (Å²) in [5.41, 5.74) is 0. The zero-order valence-electron chi connectivity index (χ0n) is 18.5. The lowest BCUT2D eigenvalue weighted by Crippen LogP contribution is -2.27. The van der Waals surface area contributed by atoms with E-state index in [2.05, 4.69) is 17.6 Å². The van der Waals surface area contributed by atoms with Crippen molar-refractivity contribution in [1.82, 2.24) is 10.6 Å². The number of amides is 1. The van der Waals surface area contributed by atoms with Crippen LogP contribution in [0, 0.1) is 0 Å². The standard InChI is InChI=1S/C23H48N2O3/c1-2-3-4-11-15-22(27)16-12-9-7-5-6-8-10-13-17-23(28)25-19-14-18-24-20-21-26/h22,24,26-27H,2-21H2,1H3,(H,25,28). The number of hydrogen-bond acceptors (Lipinski definition) is 4. The molecule has 0 aliphatic rings. The molecule has 0 saturated heterocycles. The van der Waals surface area contributed by atoms with E-state index < -0.39 is 0 Å². The van der Waals surface area contributed by atoms with Crippen molar-refractivity contribution in [1.29, 1.82) is 0 Å². The summed E-state index contributed by atoms with van der Waals surface area (Å²) in [6.45, 7) is 4.55. The maximum absolute atomic E-state index is 11.7. The van der Waals surface area contributed by atoms with Crippen LogP contribution in [0.5, 0.6) is 0 Å². The molecule has 28 heavy (non-hydrogen) atoms. The van der Waals surface area contributed by atoms with Gasteiger partial charge in [-0.15, -0.1) is 0 Å². The fraction of sp³-hybridized carbons (Fsp3) is 0.957. The van der Waals surface area contributed by atoms with Gasteiger partial charge >= 0.3 is 0 Å². The molecule has 0 saturated carbocycles. The first-order valence-electron chi connectivity index (χ1n) is 12.0. The number of nitrogens with one attached hydrogen (secondary N) is 2. The monoisotopic (exact) mass is 400 g/mol. The molecule has 0 rings (SSSR count). The van der Waals surface area contributed by atoms with Gasteiger partial charge in [0.05, 0.1) is 12.7 Å². The smallest absolute Gasteiger partial charge is 0.219 e. The van der Waals surface area contributed by atoms with Gasteiger partial charge in [0, 0.05) is 19.5 Å². The van der Waals surface area contributed by atoms with E-state index in [1.54, 1.807) is 0 Å². The van der Waals surface area contributed by atoms with Gasteiger partial charge in [-0.3, -0.25) is 4.79 Å². The molecule has 1 amide bonds. The molecule has 0 heterocycles. The average Bonchev–Trinajstić information content (AvgIpc) is 2.69. The quantitative estimate of drug-likeness (QED) is 0.204. The van der Waals surface area contributed by atoms with Crippen LogP contribution in [0.1, 0.15) is 110 Å². The van der Waals surface area contributed by atoms with Crippen molar-refractivity contribution in [3.05, 3.63) is 0 Å². The molecule has 0 fully saturated rings. The first-order valence-corrected chi connectivity index (χ1v) is 12.0. The fourth-order valence-corrected chi connectivity index (χ4v) is 3.41. The topological polar surface area (TPSA) is 81.6 Å². The Morgan fingerprint density at radius 3 is 1.93 bits per heavy atom. The lowest BCUT2D eigenvalue weighted by atomic mass is 10.0. The van der Waals surface area contributed by atoms with Crippen LogP contribution in [-0.2, 0) is 4.79 Å². The Morgan fingerprint density at radius 2 is 1.32 bits per heavy atom. The van der Waals surface area contributed by atoms with Crippen LogP contribution in [-0.4, -0.2) is 48.5 Å². The highest BCUT2D eigenvalue weighted by molar-refractivity contribution is 5.75. The minimum atomic E-state index is -0.0835. The van der Waals surface area contributed by atoms with Crippen LogP contribution < -0.4 is 10.6 Å². The van der Waals surface area contributed by atoms with E-state index >= 15 is 0 Å². The molecule has 0 bridgehead atoms. The molecule has 0 aromatic carbocycles. The van der Waals surface area contributed by atoms with Gasteiger partial charge in [-0.2, -0.15) is 0 Å². The van der Waals surface area contributed by atoms with E-state index in [0.717, 1.165) is 45.1 Å². The molecule has 1 atom stereocenters. The summed E-state index contributed by atoms with van der Waals surface area (Å²) in [6, 6.07) is 0. The molecule has 0 aromatic rings. The lowest BCUT2D eigenvalue weighted by Gasteiger charge is -2.10. The van der Waals surface area contributed by atoms with Crippen molar-refractivity contribution in [3.63, 3.8) is 0 Å². The molecule has 5 nitrogen and oxygen atoms in total. The predicted octanol–water partition coefficient (Wildman–Crippen LogP) is 4.31. The van der Waals surface area contributed by atoms with Gasteiger partial charge < -0.3 is 20.8 Å². The second-order valence-corrected chi connectivity index (χ2v) is 8.05. The molecule has 0 aliphatic carbocycles. The second kappa shape index (κ2) is 22.6. The van der Waals surface area contributed by atoms with E-state index in [4.69, 9.17) is 5.11 Å². The van der Waals surface area contributed by atoms with Crippen molar-refractivity contribution in [2.45, 2.75) is 116 Å². The zero-order chi connectivity index (χ0) is 20.7. The summed E-state index contributed by atoms with van der Waals surface area (Å²) < 4.78 is 0. The van der Waals surface area contributed by atoms with Crippen molar-refractivity contribution >= 4 is 5.91 Å². The van der Waals surface area contributed by atoms with Gasteiger partial charge in [0.2, 0.25) is 5.91 Å². The van der Waals surface area contributed by atoms with E-state index in [9.17, 15) is 9.90 Å². The van der Waals surface area contributed by atoms with Crippen LogP contribution >= 0.6 is 0 Å². The van der Waals surface area contributed by atoms with Crippen LogP contribution in [0.3, 0.4) is 0 Å². The molecule has 0 aromatic heterocycles. The molecular weight excluding hydrogens is 352 g/mol. The number of aliphatic hydroxyl groups is 2. The van der Waals surface area contributed by atoms with Crippen LogP contribution in [0.25, 0.3) is 0 Å². The third kappa shape index (κ3) is 21.6. The number of rotatable bonds is 22. The first-order chi connectivity index (χ1) is 13.7. The highest BCUT2D eigenvalue weighted by atomic mass is 16.3. The van der Waals surface area contributed by atoms with Gasteiger partial charge in [0.1, 0.15) is 0 Å². The summed E-state index contributed by atoms with van der Waals surface area (Å²) in [7, 11) is 0. The molecule has 168 valence electrons. The average molecular weight is 401 g/mol. The number of aliphatic hydroxyl groups excluding tert-OH is 2. The van der Waals surface area contributed by atoms with Crippen LogP contribution in [0.4, 0.5) is 0 Å². The fourth-order valence-electron chi connectivity index (χ4n) is 3.41. The van der Waals surface area contributed by atoms with Gasteiger partial charge in [0.15, 0.2) is 0 Å². The maximum atomic E-state index is 11.7. The van der Waals surface area contributed by atoms with Gasteiger partial charge in [-0.1, -0.05) is 77.6 Å². The van der Waals surface area contributed by atoms with Crippen molar-refractivity contribution in [3.8, 4) is 0 Å². The Hall–Kier alpha value is -0.650. The van der Waals surface area contributed by atoms with Gasteiger partial charge in [-0.25, -0.2) is 0 Å². The minimum Gasteiger partial charge on any atom is -0.395 e. The molecule has 5 heteroatoms. The van der Waals surface area contributed by atoms with Crippen LogP contribution in [0.15, 0.2) is 0 Å². The Kier molecular flexibility index (Phi) is 22.1. The summed E-state index contributed by atoms with van der Waals surface area (Å²) in [5.74, 6) is 0.162. The Labute approximate surface area is 174 Å². The van der Waals surface area contributed by atoms with Crippen molar-refractivity contribution < 1.29 is 15.0 Å². The highest BCUT2D eigenvalue weighted by Crippen LogP contribution is 2.14. The second-order valence-electron chi connectivity index (χ2n) is 8.05. The zero-order valence-corrected chi connectivity index (χ0v) is 18.5. The van der Waals surface area contributed by atoms with Gasteiger partial charge in [0.25, 0.3) is 0 Å². The molecular formula is C23H48N2O3. The lowest BCUT2D eigenvalue weighted by molar-refractivity contribution is -0.121. The highest BCUT2D eigenvalue weighted by Gasteiger charge is 2.04. The molecule has 0 aliphatic heterocycles. The van der Waals surface area contributed by atoms with Crippen LogP contribution in [0.2, 0.25) is 0 Å².